The molecule has 3 nitrogen and oxygen atoms in total. The van der Waals surface area contributed by atoms with E-state index in [4.69, 9.17) is 0 Å². The molecule has 0 amide bonds. The van der Waals surface area contributed by atoms with Gasteiger partial charge in [0.1, 0.15) is 0 Å². The molecule has 0 atom stereocenters. The Bertz CT molecular complexity index is 608. The van der Waals surface area contributed by atoms with Crippen LogP contribution in [0.1, 0.15) is 28.5 Å². The van der Waals surface area contributed by atoms with Crippen LogP contribution in [0.4, 0.5) is 0 Å². The topological polar surface area (TPSA) is 50.2 Å². The number of carboxylic acids is 1. The van der Waals surface area contributed by atoms with Gasteiger partial charge in [-0.25, -0.2) is 4.79 Å². The smallest absolute Gasteiger partial charge is 0.336 e. The number of rotatable bonds is 2. The number of aryl methyl sites for hydroxylation is 1. The lowest BCUT2D eigenvalue weighted by atomic mass is 10.0. The summed E-state index contributed by atoms with van der Waals surface area (Å²) in [6.45, 7) is 3.79. The number of carboxylic acid groups (broad SMARTS) is 1. The lowest BCUT2D eigenvalue weighted by Gasteiger charge is -2.11. The zero-order chi connectivity index (χ0) is 12.6. The molecule has 0 fully saturated rings. The Hall–Kier alpha value is -1.42. The SMILES string of the molecule is CCc1nc2c(Br)cccc2c(C(=O)O)c1C. The minimum Gasteiger partial charge on any atom is -0.478 e. The average Bonchev–Trinajstić information content (AvgIpc) is 2.28. The maximum absolute atomic E-state index is 11.4. The van der Waals surface area contributed by atoms with Crippen LogP contribution in [0.5, 0.6) is 0 Å². The fraction of sp³-hybridized carbons (Fsp3) is 0.231. The van der Waals surface area contributed by atoms with Crippen LogP contribution in [0.15, 0.2) is 22.7 Å². The molecule has 0 radical (unpaired) electrons. The van der Waals surface area contributed by atoms with E-state index in [1.807, 2.05) is 26.0 Å². The van der Waals surface area contributed by atoms with Gasteiger partial charge in [0.05, 0.1) is 11.1 Å². The van der Waals surface area contributed by atoms with Crippen molar-refractivity contribution >= 4 is 32.8 Å². The molecular formula is C13H12BrNO2. The van der Waals surface area contributed by atoms with Crippen molar-refractivity contribution < 1.29 is 9.90 Å². The van der Waals surface area contributed by atoms with Crippen LogP contribution in [-0.2, 0) is 6.42 Å². The van der Waals surface area contributed by atoms with Crippen LogP contribution in [0, 0.1) is 6.92 Å². The van der Waals surface area contributed by atoms with Crippen LogP contribution in [0.2, 0.25) is 0 Å². The van der Waals surface area contributed by atoms with Crippen LogP contribution in [0.3, 0.4) is 0 Å². The van der Waals surface area contributed by atoms with E-state index in [1.54, 1.807) is 6.07 Å². The van der Waals surface area contributed by atoms with Crippen LogP contribution in [0.25, 0.3) is 10.9 Å². The molecule has 0 saturated carbocycles. The first kappa shape index (κ1) is 12.0. The number of nitrogens with zero attached hydrogens (tertiary/aromatic N) is 1. The quantitative estimate of drug-likeness (QED) is 0.921. The molecule has 0 unspecified atom stereocenters. The number of carbonyl (C=O) groups is 1. The van der Waals surface area contributed by atoms with Gasteiger partial charge >= 0.3 is 5.97 Å². The number of fused-ring (bicyclic) bond motifs is 1. The third-order valence-electron chi connectivity index (χ3n) is 2.86. The van der Waals surface area contributed by atoms with E-state index < -0.39 is 5.97 Å². The van der Waals surface area contributed by atoms with Crippen molar-refractivity contribution in [3.63, 3.8) is 0 Å². The minimum absolute atomic E-state index is 0.355. The second kappa shape index (κ2) is 4.45. The maximum atomic E-state index is 11.4. The number of aromatic carboxylic acids is 1. The maximum Gasteiger partial charge on any atom is 0.336 e. The standard InChI is InChI=1S/C13H12BrNO2/c1-3-10-7(2)11(13(16)17)8-5-4-6-9(14)12(8)15-10/h4-6H,3H2,1-2H3,(H,16,17). The van der Waals surface area contributed by atoms with Crippen molar-refractivity contribution in [2.75, 3.05) is 0 Å². The summed E-state index contributed by atoms with van der Waals surface area (Å²) in [4.78, 5) is 15.9. The normalized spacial score (nSPS) is 10.8. The van der Waals surface area contributed by atoms with E-state index in [2.05, 4.69) is 20.9 Å². The molecule has 88 valence electrons. The van der Waals surface area contributed by atoms with E-state index in [0.717, 1.165) is 22.2 Å². The molecule has 2 rings (SSSR count). The molecule has 1 aromatic carbocycles. The minimum atomic E-state index is -0.900. The summed E-state index contributed by atoms with van der Waals surface area (Å²) in [6.07, 6.45) is 0.726. The summed E-state index contributed by atoms with van der Waals surface area (Å²) >= 11 is 3.41. The molecule has 17 heavy (non-hydrogen) atoms. The first-order chi connectivity index (χ1) is 8.06. The van der Waals surface area contributed by atoms with Crippen molar-refractivity contribution in [3.05, 3.63) is 39.5 Å². The zero-order valence-electron chi connectivity index (χ0n) is 9.62. The molecule has 4 heteroatoms. The summed E-state index contributed by atoms with van der Waals surface area (Å²) in [6, 6.07) is 5.49. The number of aromatic nitrogens is 1. The molecule has 0 aliphatic rings. The Labute approximate surface area is 108 Å². The Morgan fingerprint density at radius 2 is 2.18 bits per heavy atom. The van der Waals surface area contributed by atoms with Gasteiger partial charge in [0.2, 0.25) is 0 Å². The Balaban J connectivity index is 2.97. The first-order valence-electron chi connectivity index (χ1n) is 5.37. The average molecular weight is 294 g/mol. The first-order valence-corrected chi connectivity index (χ1v) is 6.16. The molecule has 0 saturated heterocycles. The lowest BCUT2D eigenvalue weighted by molar-refractivity contribution is 0.0698. The summed E-state index contributed by atoms with van der Waals surface area (Å²) in [5.74, 6) is -0.900. The largest absolute Gasteiger partial charge is 0.478 e. The summed E-state index contributed by atoms with van der Waals surface area (Å²) < 4.78 is 0.826. The second-order valence-corrected chi connectivity index (χ2v) is 4.71. The number of pyridine rings is 1. The fourth-order valence-corrected chi connectivity index (χ4v) is 2.47. The molecule has 0 spiro atoms. The highest BCUT2D eigenvalue weighted by molar-refractivity contribution is 9.10. The van der Waals surface area contributed by atoms with Gasteiger partial charge in [-0.3, -0.25) is 4.98 Å². The zero-order valence-corrected chi connectivity index (χ0v) is 11.2. The fourth-order valence-electron chi connectivity index (χ4n) is 2.02. The lowest BCUT2D eigenvalue weighted by Crippen LogP contribution is -2.06. The molecule has 2 aromatic rings. The van der Waals surface area contributed by atoms with E-state index in [9.17, 15) is 9.90 Å². The molecule has 1 heterocycles. The van der Waals surface area contributed by atoms with Crippen LogP contribution >= 0.6 is 15.9 Å². The highest BCUT2D eigenvalue weighted by Crippen LogP contribution is 2.28. The van der Waals surface area contributed by atoms with Crippen molar-refractivity contribution in [2.45, 2.75) is 20.3 Å². The van der Waals surface area contributed by atoms with Gasteiger partial charge in [0.15, 0.2) is 0 Å². The Morgan fingerprint density at radius 1 is 1.47 bits per heavy atom. The number of benzene rings is 1. The van der Waals surface area contributed by atoms with E-state index in [-0.39, 0.29) is 0 Å². The third-order valence-corrected chi connectivity index (χ3v) is 3.50. The molecule has 0 bridgehead atoms. The molecule has 0 aliphatic carbocycles. The van der Waals surface area contributed by atoms with E-state index in [1.165, 1.54) is 0 Å². The van der Waals surface area contributed by atoms with Crippen LogP contribution < -0.4 is 0 Å². The molecule has 1 N–H and O–H groups in total. The van der Waals surface area contributed by atoms with Gasteiger partial charge in [-0.2, -0.15) is 0 Å². The highest BCUT2D eigenvalue weighted by atomic mass is 79.9. The van der Waals surface area contributed by atoms with Crippen molar-refractivity contribution in [1.29, 1.82) is 0 Å². The van der Waals surface area contributed by atoms with E-state index >= 15 is 0 Å². The molecular weight excluding hydrogens is 282 g/mol. The Kier molecular flexibility index (Phi) is 3.15. The summed E-state index contributed by atoms with van der Waals surface area (Å²) in [7, 11) is 0. The van der Waals surface area contributed by atoms with Crippen molar-refractivity contribution in [3.8, 4) is 0 Å². The number of para-hydroxylation sites is 1. The van der Waals surface area contributed by atoms with Crippen molar-refractivity contribution in [2.24, 2.45) is 0 Å². The number of hydrogen-bond acceptors (Lipinski definition) is 2. The van der Waals surface area contributed by atoms with Gasteiger partial charge in [0.25, 0.3) is 0 Å². The highest BCUT2D eigenvalue weighted by Gasteiger charge is 2.17. The monoisotopic (exact) mass is 293 g/mol. The molecule has 0 aliphatic heterocycles. The molecule has 1 aromatic heterocycles. The van der Waals surface area contributed by atoms with E-state index in [0.29, 0.717) is 16.5 Å². The summed E-state index contributed by atoms with van der Waals surface area (Å²) in [5.41, 5.74) is 2.66. The van der Waals surface area contributed by atoms with Gasteiger partial charge in [-0.1, -0.05) is 19.1 Å². The number of hydrogen-bond donors (Lipinski definition) is 1. The predicted octanol–water partition coefficient (Wildman–Crippen LogP) is 3.57. The van der Waals surface area contributed by atoms with Gasteiger partial charge in [-0.15, -0.1) is 0 Å². The van der Waals surface area contributed by atoms with Crippen LogP contribution in [-0.4, -0.2) is 16.1 Å². The van der Waals surface area contributed by atoms with Gasteiger partial charge < -0.3 is 5.11 Å². The van der Waals surface area contributed by atoms with Crippen molar-refractivity contribution in [1.82, 2.24) is 4.98 Å². The Morgan fingerprint density at radius 3 is 2.76 bits per heavy atom. The second-order valence-electron chi connectivity index (χ2n) is 3.85. The predicted molar refractivity (Wildman–Crippen MR) is 70.5 cm³/mol. The van der Waals surface area contributed by atoms with Gasteiger partial charge in [0, 0.05) is 15.6 Å². The summed E-state index contributed by atoms with van der Waals surface area (Å²) in [5, 5.41) is 10.0. The number of halogens is 1. The van der Waals surface area contributed by atoms with Gasteiger partial charge in [-0.05, 0) is 40.9 Å². The third kappa shape index (κ3) is 1.93.